The Hall–Kier alpha value is -3.64. The van der Waals surface area contributed by atoms with E-state index in [2.05, 4.69) is 70.7 Å². The summed E-state index contributed by atoms with van der Waals surface area (Å²) in [5.41, 5.74) is 6.17. The van der Waals surface area contributed by atoms with E-state index in [1.54, 1.807) is 11.3 Å². The van der Waals surface area contributed by atoms with Gasteiger partial charge in [0.25, 0.3) is 0 Å². The molecule has 6 heteroatoms. The van der Waals surface area contributed by atoms with Crippen LogP contribution in [0.4, 0.5) is 0 Å². The Morgan fingerprint density at radius 1 is 1.08 bits per heavy atom. The number of nitrogens with one attached hydrogen (secondary N) is 1. The summed E-state index contributed by atoms with van der Waals surface area (Å²) < 4.78 is 7.52. The lowest BCUT2D eigenvalue weighted by Crippen LogP contribution is -2.35. The van der Waals surface area contributed by atoms with Gasteiger partial charge in [-0.3, -0.25) is 4.79 Å². The number of thiophene rings is 1. The predicted octanol–water partition coefficient (Wildman–Crippen LogP) is 6.41. The van der Waals surface area contributed by atoms with E-state index in [-0.39, 0.29) is 11.7 Å². The van der Waals surface area contributed by atoms with E-state index >= 15 is 0 Å². The molecule has 0 spiro atoms. The van der Waals surface area contributed by atoms with Gasteiger partial charge in [0.2, 0.25) is 0 Å². The number of aryl methyl sites for hydroxylation is 1. The maximum atomic E-state index is 13.7. The molecule has 1 aliphatic heterocycles. The Bertz CT molecular complexity index is 1590. The highest BCUT2D eigenvalue weighted by Crippen LogP contribution is 2.47. The molecule has 2 aliphatic rings. The average Bonchev–Trinajstić information content (AvgIpc) is 3.53. The lowest BCUT2D eigenvalue weighted by atomic mass is 9.72. The Morgan fingerprint density at radius 3 is 2.64 bits per heavy atom. The van der Waals surface area contributed by atoms with Crippen molar-refractivity contribution in [2.24, 2.45) is 0 Å². The van der Waals surface area contributed by atoms with Gasteiger partial charge >= 0.3 is 5.97 Å². The highest BCUT2D eigenvalue weighted by atomic mass is 32.1. The number of para-hydroxylation sites is 1. The van der Waals surface area contributed by atoms with Crippen LogP contribution in [0.1, 0.15) is 49.0 Å². The molecule has 1 aliphatic carbocycles. The van der Waals surface area contributed by atoms with Gasteiger partial charge < -0.3 is 14.6 Å². The number of Topliss-reactive ketones (excluding diaryl/α,β-unsaturated/α-hetero) is 1. The lowest BCUT2D eigenvalue weighted by molar-refractivity contribution is -0.136. The van der Waals surface area contributed by atoms with Crippen molar-refractivity contribution in [2.75, 3.05) is 7.11 Å². The Balaban J connectivity index is 1.55. The van der Waals surface area contributed by atoms with Crippen molar-refractivity contribution in [1.82, 2.24) is 9.88 Å². The standard InChI is InChI=1S/C30H28N2O3S/c1-4-32-23-9-6-5-8-20(23)21-14-18(11-12-24(21)32)28-27(30(34)35-3)17(2)31-22-15-19(16-25(33)29(22)28)26-10-7-13-36-26/h5-14,19,28,31H,4,15-16H2,1-3H3. The van der Waals surface area contributed by atoms with Crippen LogP contribution in [0.25, 0.3) is 21.8 Å². The van der Waals surface area contributed by atoms with Gasteiger partial charge in [-0.15, -0.1) is 11.3 Å². The van der Waals surface area contributed by atoms with Crippen LogP contribution in [0.15, 0.2) is 82.5 Å². The number of ether oxygens (including phenoxy) is 1. The quantitative estimate of drug-likeness (QED) is 0.332. The fourth-order valence-corrected chi connectivity index (χ4v) is 6.90. The van der Waals surface area contributed by atoms with Crippen LogP contribution in [-0.4, -0.2) is 23.4 Å². The highest BCUT2D eigenvalue weighted by Gasteiger charge is 2.41. The number of carbonyl (C=O) groups excluding carboxylic acids is 2. The molecule has 182 valence electrons. The van der Waals surface area contributed by atoms with E-state index in [0.29, 0.717) is 17.6 Å². The molecule has 2 atom stereocenters. The smallest absolute Gasteiger partial charge is 0.336 e. The first-order valence-electron chi connectivity index (χ1n) is 12.4. The maximum absolute atomic E-state index is 13.7. The third-order valence-corrected chi connectivity index (χ3v) is 8.66. The van der Waals surface area contributed by atoms with E-state index in [0.717, 1.165) is 40.8 Å². The van der Waals surface area contributed by atoms with Crippen LogP contribution in [0, 0.1) is 0 Å². The summed E-state index contributed by atoms with van der Waals surface area (Å²) in [6.07, 6.45) is 1.20. The number of hydrogen-bond acceptors (Lipinski definition) is 5. The van der Waals surface area contributed by atoms with Crippen molar-refractivity contribution >= 4 is 44.9 Å². The topological polar surface area (TPSA) is 60.3 Å². The fraction of sp³-hybridized carbons (Fsp3) is 0.267. The van der Waals surface area contributed by atoms with Gasteiger partial charge in [0.15, 0.2) is 5.78 Å². The van der Waals surface area contributed by atoms with Gasteiger partial charge in [0.1, 0.15) is 0 Å². The molecule has 0 fully saturated rings. The third-order valence-electron chi connectivity index (χ3n) is 7.62. The van der Waals surface area contributed by atoms with E-state index < -0.39 is 11.9 Å². The number of dihydropyridines is 1. The first kappa shape index (κ1) is 22.8. The minimum atomic E-state index is -0.460. The number of nitrogens with zero attached hydrogens (tertiary/aromatic N) is 1. The second kappa shape index (κ2) is 8.79. The molecule has 0 bridgehead atoms. The molecular formula is C30H28N2O3S. The van der Waals surface area contributed by atoms with E-state index in [1.807, 2.05) is 13.0 Å². The fourth-order valence-electron chi connectivity index (χ4n) is 6.07. The first-order valence-corrected chi connectivity index (χ1v) is 13.3. The molecule has 1 N–H and O–H groups in total. The number of fused-ring (bicyclic) bond motifs is 3. The summed E-state index contributed by atoms with van der Waals surface area (Å²) in [5.74, 6) is -0.613. The summed E-state index contributed by atoms with van der Waals surface area (Å²) in [5, 5.41) is 7.79. The van der Waals surface area contributed by atoms with Crippen molar-refractivity contribution in [1.29, 1.82) is 0 Å². The van der Waals surface area contributed by atoms with Crippen LogP contribution in [-0.2, 0) is 20.9 Å². The number of benzene rings is 2. The van der Waals surface area contributed by atoms with Gasteiger partial charge in [0, 0.05) is 68.5 Å². The molecule has 2 unspecified atom stereocenters. The van der Waals surface area contributed by atoms with Gasteiger partial charge in [-0.05, 0) is 55.5 Å². The second-order valence-electron chi connectivity index (χ2n) is 9.56. The second-order valence-corrected chi connectivity index (χ2v) is 10.5. The van der Waals surface area contributed by atoms with Crippen LogP contribution in [0.3, 0.4) is 0 Å². The minimum Gasteiger partial charge on any atom is -0.466 e. The average molecular weight is 497 g/mol. The van der Waals surface area contributed by atoms with Crippen molar-refractivity contribution in [3.8, 4) is 0 Å². The molecule has 5 nitrogen and oxygen atoms in total. The predicted molar refractivity (Wildman–Crippen MR) is 144 cm³/mol. The van der Waals surface area contributed by atoms with Crippen LogP contribution in [0.2, 0.25) is 0 Å². The van der Waals surface area contributed by atoms with Gasteiger partial charge in [-0.25, -0.2) is 4.79 Å². The Morgan fingerprint density at radius 2 is 1.89 bits per heavy atom. The summed E-state index contributed by atoms with van der Waals surface area (Å²) in [4.78, 5) is 28.0. The van der Waals surface area contributed by atoms with Crippen LogP contribution in [0.5, 0.6) is 0 Å². The van der Waals surface area contributed by atoms with Crippen molar-refractivity contribution in [3.05, 3.63) is 93.0 Å². The zero-order valence-electron chi connectivity index (χ0n) is 20.6. The van der Waals surface area contributed by atoms with E-state index in [9.17, 15) is 9.59 Å². The number of methoxy groups -OCH3 is 1. The highest BCUT2D eigenvalue weighted by molar-refractivity contribution is 7.10. The monoisotopic (exact) mass is 496 g/mol. The number of aromatic nitrogens is 1. The molecule has 0 radical (unpaired) electrons. The Labute approximate surface area is 214 Å². The largest absolute Gasteiger partial charge is 0.466 e. The van der Waals surface area contributed by atoms with E-state index in [4.69, 9.17) is 4.74 Å². The van der Waals surface area contributed by atoms with Crippen LogP contribution < -0.4 is 5.32 Å². The molecule has 36 heavy (non-hydrogen) atoms. The number of allylic oxidation sites excluding steroid dienone is 3. The molecule has 4 aromatic rings. The first-order chi connectivity index (χ1) is 17.5. The zero-order chi connectivity index (χ0) is 25.0. The molecule has 6 rings (SSSR count). The van der Waals surface area contributed by atoms with Gasteiger partial charge in [-0.1, -0.05) is 30.3 Å². The molecule has 2 aromatic heterocycles. The number of rotatable bonds is 4. The van der Waals surface area contributed by atoms with Crippen molar-refractivity contribution in [2.45, 2.75) is 45.1 Å². The minimum absolute atomic E-state index is 0.0946. The molecule has 0 amide bonds. The van der Waals surface area contributed by atoms with Crippen LogP contribution >= 0.6 is 11.3 Å². The summed E-state index contributed by atoms with van der Waals surface area (Å²) in [6.45, 7) is 4.92. The van der Waals surface area contributed by atoms with Crippen molar-refractivity contribution in [3.63, 3.8) is 0 Å². The Kier molecular flexibility index (Phi) is 5.56. The molecule has 0 saturated carbocycles. The SMILES string of the molecule is CCn1c2ccccc2c2cc(C3C(C(=O)OC)=C(C)NC4=C3C(=O)CC(c3cccs3)C4)ccc21. The molecule has 2 aromatic carbocycles. The zero-order valence-corrected chi connectivity index (χ0v) is 21.4. The normalized spacial score (nSPS) is 20.1. The van der Waals surface area contributed by atoms with Crippen molar-refractivity contribution < 1.29 is 14.3 Å². The van der Waals surface area contributed by atoms with E-state index in [1.165, 1.54) is 22.9 Å². The molecular weight excluding hydrogens is 468 g/mol. The summed E-state index contributed by atoms with van der Waals surface area (Å²) in [6, 6.07) is 18.9. The molecule has 3 heterocycles. The number of carbonyl (C=O) groups is 2. The number of ketones is 1. The van der Waals surface area contributed by atoms with Gasteiger partial charge in [-0.2, -0.15) is 0 Å². The summed E-state index contributed by atoms with van der Waals surface area (Å²) in [7, 11) is 1.40. The molecule has 0 saturated heterocycles. The third kappa shape index (κ3) is 3.43. The number of esters is 1. The maximum Gasteiger partial charge on any atom is 0.336 e. The number of hydrogen-bond donors (Lipinski definition) is 1. The summed E-state index contributed by atoms with van der Waals surface area (Å²) >= 11 is 1.69. The van der Waals surface area contributed by atoms with Gasteiger partial charge in [0.05, 0.1) is 12.7 Å². The lowest BCUT2D eigenvalue weighted by Gasteiger charge is -2.36.